The summed E-state index contributed by atoms with van der Waals surface area (Å²) in [5, 5.41) is 5.03. The van der Waals surface area contributed by atoms with Crippen molar-refractivity contribution in [2.45, 2.75) is 26.1 Å². The van der Waals surface area contributed by atoms with Gasteiger partial charge >= 0.3 is 6.18 Å². The van der Waals surface area contributed by atoms with Crippen LogP contribution in [0.5, 0.6) is 5.75 Å². The van der Waals surface area contributed by atoms with Crippen molar-refractivity contribution in [3.05, 3.63) is 54.1 Å². The van der Waals surface area contributed by atoms with E-state index >= 15 is 0 Å². The lowest BCUT2D eigenvalue weighted by atomic mass is 10.1. The van der Waals surface area contributed by atoms with Crippen LogP contribution in [0.1, 0.15) is 19.4 Å². The molecule has 1 unspecified atom stereocenters. The molecule has 0 heterocycles. The largest absolute Gasteiger partial charge is 0.497 e. The number of nitrogens with zero attached hydrogens (tertiary/aromatic N) is 1. The molecular weight excluding hydrogens is 399 g/mol. The normalized spacial score (nSPS) is 12.4. The average Bonchev–Trinajstić information content (AvgIpc) is 2.71. The van der Waals surface area contributed by atoms with Gasteiger partial charge in [0.1, 0.15) is 5.75 Å². The third kappa shape index (κ3) is 6.21. The van der Waals surface area contributed by atoms with Gasteiger partial charge in [-0.2, -0.15) is 13.2 Å². The van der Waals surface area contributed by atoms with Gasteiger partial charge in [-0.25, -0.2) is 0 Å². The van der Waals surface area contributed by atoms with Crippen molar-refractivity contribution in [2.75, 3.05) is 30.8 Å². The summed E-state index contributed by atoms with van der Waals surface area (Å²) in [6.07, 6.45) is -4.59. The molecular formula is C21H24F3N3O3. The lowest BCUT2D eigenvalue weighted by Gasteiger charge is -2.26. The van der Waals surface area contributed by atoms with E-state index in [2.05, 4.69) is 10.6 Å². The molecule has 0 saturated heterocycles. The summed E-state index contributed by atoms with van der Waals surface area (Å²) < 4.78 is 44.5. The number of hydrogen-bond acceptors (Lipinski definition) is 4. The SMILES string of the molecule is CCN(CC(=O)Nc1cccc(OC)c1)C(C)C(=O)Nc1ccccc1C(F)(F)F. The number of hydrogen-bond donors (Lipinski definition) is 2. The number of alkyl halides is 3. The van der Waals surface area contributed by atoms with Crippen LogP contribution in [0, 0.1) is 0 Å². The minimum absolute atomic E-state index is 0.108. The summed E-state index contributed by atoms with van der Waals surface area (Å²) in [7, 11) is 1.51. The molecule has 2 aromatic rings. The number of carbonyl (C=O) groups is 2. The van der Waals surface area contributed by atoms with Gasteiger partial charge in [0.05, 0.1) is 30.9 Å². The lowest BCUT2D eigenvalue weighted by molar-refractivity contribution is -0.137. The van der Waals surface area contributed by atoms with E-state index < -0.39 is 23.7 Å². The highest BCUT2D eigenvalue weighted by Crippen LogP contribution is 2.34. The highest BCUT2D eigenvalue weighted by Gasteiger charge is 2.34. The van der Waals surface area contributed by atoms with Gasteiger partial charge in [-0.1, -0.05) is 25.1 Å². The standard InChI is InChI=1S/C21H24F3N3O3/c1-4-27(13-19(28)25-15-8-7-9-16(12-15)30-3)14(2)20(29)26-18-11-6-5-10-17(18)21(22,23)24/h5-12,14H,4,13H2,1-3H3,(H,25,28)(H,26,29). The molecule has 0 radical (unpaired) electrons. The first kappa shape index (κ1) is 23.2. The van der Waals surface area contributed by atoms with Crippen molar-refractivity contribution in [1.29, 1.82) is 0 Å². The second-order valence-corrected chi connectivity index (χ2v) is 6.55. The highest BCUT2D eigenvalue weighted by atomic mass is 19.4. The number of amides is 2. The minimum Gasteiger partial charge on any atom is -0.497 e. The third-order valence-corrected chi connectivity index (χ3v) is 4.52. The van der Waals surface area contributed by atoms with Crippen LogP contribution in [0.3, 0.4) is 0 Å². The number of methoxy groups -OCH3 is 1. The van der Waals surface area contributed by atoms with E-state index in [1.165, 1.54) is 32.2 Å². The second-order valence-electron chi connectivity index (χ2n) is 6.55. The maximum atomic E-state index is 13.1. The van der Waals surface area contributed by atoms with Gasteiger partial charge in [-0.3, -0.25) is 14.5 Å². The van der Waals surface area contributed by atoms with Crippen LogP contribution in [0.25, 0.3) is 0 Å². The molecule has 162 valence electrons. The van der Waals surface area contributed by atoms with E-state index in [0.717, 1.165) is 6.07 Å². The molecule has 2 amide bonds. The Bertz CT molecular complexity index is 887. The minimum atomic E-state index is -4.59. The zero-order valence-corrected chi connectivity index (χ0v) is 16.9. The van der Waals surface area contributed by atoms with E-state index in [9.17, 15) is 22.8 Å². The number of benzene rings is 2. The van der Waals surface area contributed by atoms with Crippen molar-refractivity contribution in [1.82, 2.24) is 4.90 Å². The van der Waals surface area contributed by atoms with Crippen molar-refractivity contribution in [3.63, 3.8) is 0 Å². The second kappa shape index (κ2) is 10.1. The van der Waals surface area contributed by atoms with E-state index in [4.69, 9.17) is 4.74 Å². The number of ether oxygens (including phenoxy) is 1. The molecule has 0 fully saturated rings. The summed E-state index contributed by atoms with van der Waals surface area (Å²) in [5.41, 5.74) is -0.713. The smallest absolute Gasteiger partial charge is 0.418 e. The summed E-state index contributed by atoms with van der Waals surface area (Å²) in [6, 6.07) is 10.7. The summed E-state index contributed by atoms with van der Waals surface area (Å²) >= 11 is 0. The monoisotopic (exact) mass is 423 g/mol. The van der Waals surface area contributed by atoms with Crippen molar-refractivity contribution in [3.8, 4) is 5.75 Å². The summed E-state index contributed by atoms with van der Waals surface area (Å²) in [6.45, 7) is 3.53. The van der Waals surface area contributed by atoms with Crippen LogP contribution in [0.15, 0.2) is 48.5 Å². The molecule has 0 aliphatic carbocycles. The Hall–Kier alpha value is -3.07. The van der Waals surface area contributed by atoms with Crippen LogP contribution in [-0.2, 0) is 15.8 Å². The Morgan fingerprint density at radius 3 is 2.43 bits per heavy atom. The first-order valence-electron chi connectivity index (χ1n) is 9.30. The van der Waals surface area contributed by atoms with Gasteiger partial charge in [0.15, 0.2) is 0 Å². The number of para-hydroxylation sites is 1. The van der Waals surface area contributed by atoms with Gasteiger partial charge in [-0.05, 0) is 37.7 Å². The zero-order valence-electron chi connectivity index (χ0n) is 16.9. The number of nitrogens with one attached hydrogen (secondary N) is 2. The number of likely N-dealkylation sites (N-methyl/N-ethyl adjacent to an activating group) is 1. The molecule has 0 aliphatic heterocycles. The van der Waals surface area contributed by atoms with E-state index in [1.807, 2.05) is 0 Å². The molecule has 0 spiro atoms. The van der Waals surface area contributed by atoms with Gasteiger partial charge < -0.3 is 15.4 Å². The zero-order chi connectivity index (χ0) is 22.3. The summed E-state index contributed by atoms with van der Waals surface area (Å²) in [5.74, 6) is -0.417. The predicted octanol–water partition coefficient (Wildman–Crippen LogP) is 4.00. The average molecular weight is 423 g/mol. The predicted molar refractivity (Wildman–Crippen MR) is 108 cm³/mol. The van der Waals surface area contributed by atoms with E-state index in [1.54, 1.807) is 36.1 Å². The number of carbonyl (C=O) groups excluding carboxylic acids is 2. The molecule has 6 nitrogen and oxygen atoms in total. The fraction of sp³-hybridized carbons (Fsp3) is 0.333. The molecule has 0 bridgehead atoms. The Morgan fingerprint density at radius 2 is 1.80 bits per heavy atom. The third-order valence-electron chi connectivity index (χ3n) is 4.52. The molecule has 2 aromatic carbocycles. The number of halogens is 3. The van der Waals surface area contributed by atoms with Crippen molar-refractivity contribution >= 4 is 23.2 Å². The fourth-order valence-electron chi connectivity index (χ4n) is 2.85. The maximum absolute atomic E-state index is 13.1. The first-order chi connectivity index (χ1) is 14.2. The molecule has 30 heavy (non-hydrogen) atoms. The Labute approximate surface area is 173 Å². The van der Waals surface area contributed by atoms with Crippen LogP contribution in [0.4, 0.5) is 24.5 Å². The van der Waals surface area contributed by atoms with Crippen LogP contribution in [0.2, 0.25) is 0 Å². The van der Waals surface area contributed by atoms with Crippen LogP contribution >= 0.6 is 0 Å². The number of anilines is 2. The Kier molecular flexibility index (Phi) is 7.82. The van der Waals surface area contributed by atoms with Crippen molar-refractivity contribution in [2.24, 2.45) is 0 Å². The molecule has 2 rings (SSSR count). The van der Waals surface area contributed by atoms with E-state index in [-0.39, 0.29) is 18.1 Å². The van der Waals surface area contributed by atoms with Crippen LogP contribution in [-0.4, -0.2) is 43.0 Å². The van der Waals surface area contributed by atoms with Gasteiger partial charge in [0, 0.05) is 11.8 Å². The van der Waals surface area contributed by atoms with Gasteiger partial charge in [-0.15, -0.1) is 0 Å². The van der Waals surface area contributed by atoms with Gasteiger partial charge in [0.2, 0.25) is 11.8 Å². The van der Waals surface area contributed by atoms with Crippen molar-refractivity contribution < 1.29 is 27.5 Å². The number of rotatable bonds is 8. The molecule has 0 saturated carbocycles. The molecule has 2 N–H and O–H groups in total. The fourth-order valence-corrected chi connectivity index (χ4v) is 2.85. The van der Waals surface area contributed by atoms with E-state index in [0.29, 0.717) is 18.0 Å². The Morgan fingerprint density at radius 1 is 1.10 bits per heavy atom. The summed E-state index contributed by atoms with van der Waals surface area (Å²) in [4.78, 5) is 26.5. The maximum Gasteiger partial charge on any atom is 0.418 e. The topological polar surface area (TPSA) is 70.7 Å². The van der Waals surface area contributed by atoms with Crippen LogP contribution < -0.4 is 15.4 Å². The first-order valence-corrected chi connectivity index (χ1v) is 9.30. The van der Waals surface area contributed by atoms with Gasteiger partial charge in [0.25, 0.3) is 0 Å². The highest BCUT2D eigenvalue weighted by molar-refractivity contribution is 5.96. The molecule has 0 aliphatic rings. The Balaban J connectivity index is 2.04. The lowest BCUT2D eigenvalue weighted by Crippen LogP contribution is -2.45. The molecule has 1 atom stereocenters. The quantitative estimate of drug-likeness (QED) is 0.673. The molecule has 9 heteroatoms. The molecule has 0 aromatic heterocycles.